The van der Waals surface area contributed by atoms with Crippen LogP contribution in [0.4, 0.5) is 0 Å². The second kappa shape index (κ2) is 4.33. The first-order valence-corrected chi connectivity index (χ1v) is 5.73. The maximum absolute atomic E-state index is 8.77. The molecule has 0 saturated carbocycles. The van der Waals surface area contributed by atoms with Gasteiger partial charge in [0.15, 0.2) is 0 Å². The van der Waals surface area contributed by atoms with Gasteiger partial charge in [-0.3, -0.25) is 4.68 Å². The zero-order valence-corrected chi connectivity index (χ0v) is 10.2. The van der Waals surface area contributed by atoms with Crippen LogP contribution in [0.15, 0.2) is 22.8 Å². The van der Waals surface area contributed by atoms with Crippen LogP contribution in [0.25, 0.3) is 10.9 Å². The van der Waals surface area contributed by atoms with Gasteiger partial charge in [0.2, 0.25) is 0 Å². The Bertz CT molecular complexity index is 479. The molecule has 0 spiro atoms. The van der Waals surface area contributed by atoms with Gasteiger partial charge in [-0.15, -0.1) is 0 Å². The van der Waals surface area contributed by atoms with Crippen LogP contribution < -0.4 is 0 Å². The van der Waals surface area contributed by atoms with Crippen LogP contribution in [0.3, 0.4) is 0 Å². The van der Waals surface area contributed by atoms with Gasteiger partial charge in [0.05, 0.1) is 5.52 Å². The molecule has 1 aromatic heterocycles. The van der Waals surface area contributed by atoms with E-state index in [2.05, 4.69) is 39.2 Å². The van der Waals surface area contributed by atoms with Crippen LogP contribution >= 0.6 is 15.9 Å². The lowest BCUT2D eigenvalue weighted by Crippen LogP contribution is -1.92. The van der Waals surface area contributed by atoms with E-state index in [4.69, 9.17) is 5.11 Å². The normalized spacial score (nSPS) is 11.1. The molecular formula is C11H13BrN2O. The van der Waals surface area contributed by atoms with Gasteiger partial charge >= 0.3 is 0 Å². The fourth-order valence-corrected chi connectivity index (χ4v) is 2.27. The number of aryl methyl sites for hydroxylation is 2. The molecule has 0 atom stereocenters. The van der Waals surface area contributed by atoms with Crippen molar-refractivity contribution >= 4 is 26.8 Å². The fraction of sp³-hybridized carbons (Fsp3) is 0.364. The summed E-state index contributed by atoms with van der Waals surface area (Å²) in [4.78, 5) is 0. The number of hydrogen-bond acceptors (Lipinski definition) is 2. The molecule has 0 fully saturated rings. The monoisotopic (exact) mass is 268 g/mol. The second-order valence-electron chi connectivity index (χ2n) is 3.59. The predicted molar refractivity (Wildman–Crippen MR) is 63.8 cm³/mol. The Morgan fingerprint density at radius 1 is 1.47 bits per heavy atom. The van der Waals surface area contributed by atoms with Crippen molar-refractivity contribution in [2.24, 2.45) is 7.05 Å². The summed E-state index contributed by atoms with van der Waals surface area (Å²) in [7, 11) is 1.93. The van der Waals surface area contributed by atoms with Gasteiger partial charge in [0, 0.05) is 19.0 Å². The van der Waals surface area contributed by atoms with Crippen molar-refractivity contribution in [3.8, 4) is 0 Å². The molecule has 80 valence electrons. The summed E-state index contributed by atoms with van der Waals surface area (Å²) in [6.45, 7) is 0.243. The molecule has 0 aliphatic carbocycles. The first-order chi connectivity index (χ1) is 7.22. The van der Waals surface area contributed by atoms with E-state index < -0.39 is 0 Å². The van der Waals surface area contributed by atoms with Crippen molar-refractivity contribution in [3.05, 3.63) is 28.4 Å². The summed E-state index contributed by atoms with van der Waals surface area (Å²) < 4.78 is 2.75. The number of fused-ring (bicyclic) bond motifs is 1. The Balaban J connectivity index is 2.41. The molecule has 0 saturated heterocycles. The zero-order valence-electron chi connectivity index (χ0n) is 8.57. The molecule has 2 aromatic rings. The molecule has 0 unspecified atom stereocenters. The molecule has 0 radical (unpaired) electrons. The highest BCUT2D eigenvalue weighted by atomic mass is 79.9. The number of rotatable bonds is 3. The molecule has 0 aliphatic heterocycles. The predicted octanol–water partition coefficient (Wildman–Crippen LogP) is 2.26. The summed E-state index contributed by atoms with van der Waals surface area (Å²) in [5.41, 5.74) is 2.37. The minimum atomic E-state index is 0.243. The van der Waals surface area contributed by atoms with Crippen molar-refractivity contribution in [1.29, 1.82) is 0 Å². The average molecular weight is 269 g/mol. The number of aliphatic hydroxyl groups is 1. The highest BCUT2D eigenvalue weighted by molar-refractivity contribution is 9.10. The van der Waals surface area contributed by atoms with Crippen LogP contribution in [-0.2, 0) is 13.5 Å². The molecule has 0 aliphatic rings. The first-order valence-electron chi connectivity index (χ1n) is 4.94. The van der Waals surface area contributed by atoms with Crippen molar-refractivity contribution < 1.29 is 5.11 Å². The third-order valence-corrected chi connectivity index (χ3v) is 3.08. The van der Waals surface area contributed by atoms with Crippen molar-refractivity contribution in [2.45, 2.75) is 12.8 Å². The van der Waals surface area contributed by atoms with E-state index in [0.717, 1.165) is 28.3 Å². The topological polar surface area (TPSA) is 38.0 Å². The number of halogens is 1. The Kier molecular flexibility index (Phi) is 3.07. The van der Waals surface area contributed by atoms with Gasteiger partial charge in [-0.25, -0.2) is 0 Å². The molecule has 0 amide bonds. The number of hydrogen-bond donors (Lipinski definition) is 1. The maximum atomic E-state index is 8.77. The molecule has 3 nitrogen and oxygen atoms in total. The average Bonchev–Trinajstić information content (AvgIpc) is 2.52. The molecule has 15 heavy (non-hydrogen) atoms. The van der Waals surface area contributed by atoms with Crippen LogP contribution in [0.5, 0.6) is 0 Å². The van der Waals surface area contributed by atoms with Crippen LogP contribution in [0.2, 0.25) is 0 Å². The first kappa shape index (κ1) is 10.6. The number of aliphatic hydroxyl groups excluding tert-OH is 1. The van der Waals surface area contributed by atoms with E-state index >= 15 is 0 Å². The van der Waals surface area contributed by atoms with Gasteiger partial charge in [-0.05, 0) is 46.5 Å². The highest BCUT2D eigenvalue weighted by Gasteiger charge is 2.06. The second-order valence-corrected chi connectivity index (χ2v) is 4.34. The lowest BCUT2D eigenvalue weighted by atomic mass is 10.1. The highest BCUT2D eigenvalue weighted by Crippen LogP contribution is 2.23. The Labute approximate surface area is 96.8 Å². The summed E-state index contributed by atoms with van der Waals surface area (Å²) >= 11 is 3.42. The number of nitrogens with zero attached hydrogens (tertiary/aromatic N) is 2. The van der Waals surface area contributed by atoms with Gasteiger partial charge in [0.1, 0.15) is 4.60 Å². The van der Waals surface area contributed by atoms with E-state index in [1.54, 1.807) is 0 Å². The minimum Gasteiger partial charge on any atom is -0.396 e. The van der Waals surface area contributed by atoms with Crippen LogP contribution in [0, 0.1) is 0 Å². The molecule has 1 aromatic carbocycles. The number of benzene rings is 1. The molecule has 2 rings (SSSR count). The van der Waals surface area contributed by atoms with Crippen molar-refractivity contribution in [3.63, 3.8) is 0 Å². The summed E-state index contributed by atoms with van der Waals surface area (Å²) in [5.74, 6) is 0. The van der Waals surface area contributed by atoms with Gasteiger partial charge in [-0.2, -0.15) is 5.10 Å². The Morgan fingerprint density at radius 3 is 3.00 bits per heavy atom. The Hall–Kier alpha value is -0.870. The molecular weight excluding hydrogens is 256 g/mol. The third-order valence-electron chi connectivity index (χ3n) is 2.49. The SMILES string of the molecule is Cn1nc(Br)c2ccc(CCCO)cc21. The van der Waals surface area contributed by atoms with E-state index in [1.165, 1.54) is 5.56 Å². The number of aromatic nitrogens is 2. The summed E-state index contributed by atoms with van der Waals surface area (Å²) in [6.07, 6.45) is 1.72. The largest absolute Gasteiger partial charge is 0.396 e. The van der Waals surface area contributed by atoms with Crippen LogP contribution in [-0.4, -0.2) is 21.5 Å². The summed E-state index contributed by atoms with van der Waals surface area (Å²) in [6, 6.07) is 6.28. The van der Waals surface area contributed by atoms with Crippen molar-refractivity contribution in [1.82, 2.24) is 9.78 Å². The lowest BCUT2D eigenvalue weighted by Gasteiger charge is -2.00. The van der Waals surface area contributed by atoms with Gasteiger partial charge in [-0.1, -0.05) is 6.07 Å². The minimum absolute atomic E-state index is 0.243. The molecule has 4 heteroatoms. The van der Waals surface area contributed by atoms with Gasteiger partial charge < -0.3 is 5.11 Å². The van der Waals surface area contributed by atoms with E-state index in [1.807, 2.05) is 11.7 Å². The lowest BCUT2D eigenvalue weighted by molar-refractivity contribution is 0.288. The van der Waals surface area contributed by atoms with E-state index in [0.29, 0.717) is 0 Å². The maximum Gasteiger partial charge on any atom is 0.135 e. The molecule has 1 N–H and O–H groups in total. The summed E-state index contributed by atoms with van der Waals surface area (Å²) in [5, 5.41) is 14.2. The third kappa shape index (κ3) is 2.06. The quantitative estimate of drug-likeness (QED) is 0.928. The molecule has 0 bridgehead atoms. The molecule has 1 heterocycles. The Morgan fingerprint density at radius 2 is 2.27 bits per heavy atom. The smallest absolute Gasteiger partial charge is 0.135 e. The van der Waals surface area contributed by atoms with Gasteiger partial charge in [0.25, 0.3) is 0 Å². The standard InChI is InChI=1S/C11H13BrN2O/c1-14-10-7-8(3-2-6-15)4-5-9(10)11(12)13-14/h4-5,7,15H,2-3,6H2,1H3. The fourth-order valence-electron chi connectivity index (χ4n) is 1.70. The van der Waals surface area contributed by atoms with Crippen molar-refractivity contribution in [2.75, 3.05) is 6.61 Å². The van der Waals surface area contributed by atoms with E-state index in [-0.39, 0.29) is 6.61 Å². The zero-order chi connectivity index (χ0) is 10.8. The van der Waals surface area contributed by atoms with Crippen LogP contribution in [0.1, 0.15) is 12.0 Å². The van der Waals surface area contributed by atoms with E-state index in [9.17, 15) is 0 Å².